The fourth-order valence-corrected chi connectivity index (χ4v) is 2.38. The molecule has 2 unspecified atom stereocenters. The second kappa shape index (κ2) is 4.25. The van der Waals surface area contributed by atoms with Gasteiger partial charge in [-0.15, -0.1) is 0 Å². The molecule has 4 atom stereocenters. The fourth-order valence-electron chi connectivity index (χ4n) is 2.38. The lowest BCUT2D eigenvalue weighted by Gasteiger charge is -2.26. The summed E-state index contributed by atoms with van der Waals surface area (Å²) < 4.78 is 30.6. The lowest BCUT2D eigenvalue weighted by atomic mass is 10.0. The number of ether oxygens (including phenoxy) is 3. The molecule has 104 valence electrons. The number of halogens is 1. The predicted molar refractivity (Wildman–Crippen MR) is 62.9 cm³/mol. The number of hydrogen-bond donors (Lipinski definition) is 0. The minimum Gasteiger partial charge on any atom is -0.375 e. The van der Waals surface area contributed by atoms with Crippen LogP contribution in [0.2, 0.25) is 0 Å². The molecule has 2 rings (SSSR count). The van der Waals surface area contributed by atoms with E-state index in [1.54, 1.807) is 13.8 Å². The quantitative estimate of drug-likeness (QED) is 0.760. The Morgan fingerprint density at radius 2 is 1.94 bits per heavy atom. The van der Waals surface area contributed by atoms with Gasteiger partial charge in [0, 0.05) is 0 Å². The molecule has 1 heterocycles. The van der Waals surface area contributed by atoms with E-state index >= 15 is 0 Å². The van der Waals surface area contributed by atoms with Gasteiger partial charge in [-0.25, -0.2) is 4.39 Å². The van der Waals surface area contributed by atoms with Gasteiger partial charge in [0.15, 0.2) is 17.7 Å². The summed E-state index contributed by atoms with van der Waals surface area (Å²) in [6.07, 6.45) is -2.88. The van der Waals surface area contributed by atoms with Crippen LogP contribution in [0.4, 0.5) is 4.39 Å². The summed E-state index contributed by atoms with van der Waals surface area (Å²) in [5.74, 6) is -1.93. The molecule has 5 heteroatoms. The monoisotopic (exact) mass is 260 g/mol. The molecule has 0 spiro atoms. The molecule has 0 amide bonds. The standard InChI is InChI=1S/C13H21FO4/c1-12(2,3)16-6-7-8(14)9(15)11-10(7)17-13(4,5)18-11/h7-8,10-11H,6H2,1-5H3/t7-,8+,10?,11?/m0/s1. The predicted octanol–water partition coefficient (Wildman–Crippen LogP) is 1.86. The van der Waals surface area contributed by atoms with Gasteiger partial charge in [-0.1, -0.05) is 0 Å². The van der Waals surface area contributed by atoms with Crippen LogP contribution in [0.1, 0.15) is 34.6 Å². The first-order valence-corrected chi connectivity index (χ1v) is 6.28. The number of ketones is 1. The Hall–Kier alpha value is -0.520. The zero-order valence-corrected chi connectivity index (χ0v) is 11.5. The molecule has 4 nitrogen and oxygen atoms in total. The first-order chi connectivity index (χ1) is 8.11. The minimum absolute atomic E-state index is 0.164. The molecule has 0 aromatic rings. The summed E-state index contributed by atoms with van der Waals surface area (Å²) in [5, 5.41) is 0. The van der Waals surface area contributed by atoms with E-state index in [1.165, 1.54) is 0 Å². The summed E-state index contributed by atoms with van der Waals surface area (Å²) in [7, 11) is 0. The van der Waals surface area contributed by atoms with Crippen molar-refractivity contribution < 1.29 is 23.4 Å². The first kappa shape index (κ1) is 13.9. The van der Waals surface area contributed by atoms with Crippen molar-refractivity contribution >= 4 is 5.78 Å². The van der Waals surface area contributed by atoms with Gasteiger partial charge in [0.25, 0.3) is 0 Å². The van der Waals surface area contributed by atoms with Gasteiger partial charge >= 0.3 is 0 Å². The van der Waals surface area contributed by atoms with Crippen molar-refractivity contribution in [3.8, 4) is 0 Å². The third kappa shape index (κ3) is 2.58. The van der Waals surface area contributed by atoms with Crippen LogP contribution in [0.3, 0.4) is 0 Å². The van der Waals surface area contributed by atoms with Gasteiger partial charge < -0.3 is 14.2 Å². The molecule has 1 saturated heterocycles. The summed E-state index contributed by atoms with van der Waals surface area (Å²) in [6.45, 7) is 9.30. The normalized spacial score (nSPS) is 39.1. The van der Waals surface area contributed by atoms with E-state index in [9.17, 15) is 9.18 Å². The highest BCUT2D eigenvalue weighted by Crippen LogP contribution is 2.41. The van der Waals surface area contributed by atoms with E-state index < -0.39 is 35.9 Å². The van der Waals surface area contributed by atoms with Crippen molar-refractivity contribution in [1.29, 1.82) is 0 Å². The molecule has 1 aliphatic carbocycles. The maximum Gasteiger partial charge on any atom is 0.198 e. The van der Waals surface area contributed by atoms with Crippen LogP contribution in [0.25, 0.3) is 0 Å². The zero-order valence-electron chi connectivity index (χ0n) is 11.5. The van der Waals surface area contributed by atoms with Crippen molar-refractivity contribution in [2.75, 3.05) is 6.61 Å². The average Bonchev–Trinajstić information content (AvgIpc) is 2.60. The number of Topliss-reactive ketones (excluding diaryl/α,β-unsaturated/α-hetero) is 1. The topological polar surface area (TPSA) is 44.8 Å². The third-order valence-electron chi connectivity index (χ3n) is 3.19. The number of carbonyl (C=O) groups excluding carboxylic acids is 1. The Bertz CT molecular complexity index is 347. The maximum absolute atomic E-state index is 13.9. The van der Waals surface area contributed by atoms with Crippen molar-refractivity contribution in [3.63, 3.8) is 0 Å². The summed E-state index contributed by atoms with van der Waals surface area (Å²) in [5.41, 5.74) is -0.365. The second-order valence-electron chi connectivity index (χ2n) is 6.41. The van der Waals surface area contributed by atoms with Gasteiger partial charge in [0.1, 0.15) is 12.2 Å². The Balaban J connectivity index is 2.08. The van der Waals surface area contributed by atoms with Crippen LogP contribution in [-0.4, -0.2) is 42.2 Å². The van der Waals surface area contributed by atoms with E-state index in [1.807, 2.05) is 20.8 Å². The highest BCUT2D eigenvalue weighted by Gasteiger charge is 2.59. The number of alkyl halides is 1. The molecular formula is C13H21FO4. The van der Waals surface area contributed by atoms with E-state index in [-0.39, 0.29) is 12.2 Å². The van der Waals surface area contributed by atoms with Crippen LogP contribution in [-0.2, 0) is 19.0 Å². The highest BCUT2D eigenvalue weighted by molar-refractivity contribution is 5.91. The molecule has 18 heavy (non-hydrogen) atoms. The van der Waals surface area contributed by atoms with Gasteiger partial charge in [0.05, 0.1) is 18.1 Å². The van der Waals surface area contributed by atoms with Crippen molar-refractivity contribution in [1.82, 2.24) is 0 Å². The maximum atomic E-state index is 13.9. The molecule has 0 N–H and O–H groups in total. The number of hydrogen-bond acceptors (Lipinski definition) is 4. The Morgan fingerprint density at radius 3 is 2.50 bits per heavy atom. The number of carbonyl (C=O) groups is 1. The van der Waals surface area contributed by atoms with Crippen molar-refractivity contribution in [3.05, 3.63) is 0 Å². The highest BCUT2D eigenvalue weighted by atomic mass is 19.1. The molecular weight excluding hydrogens is 239 g/mol. The first-order valence-electron chi connectivity index (χ1n) is 6.28. The van der Waals surface area contributed by atoms with Gasteiger partial charge in [0.2, 0.25) is 0 Å². The van der Waals surface area contributed by atoms with Crippen molar-refractivity contribution in [2.24, 2.45) is 5.92 Å². The summed E-state index contributed by atoms with van der Waals surface area (Å²) >= 11 is 0. The number of rotatable bonds is 2. The molecule has 1 saturated carbocycles. The lowest BCUT2D eigenvalue weighted by Crippen LogP contribution is -2.35. The molecule has 0 radical (unpaired) electrons. The van der Waals surface area contributed by atoms with E-state index in [0.29, 0.717) is 0 Å². The third-order valence-corrected chi connectivity index (χ3v) is 3.19. The van der Waals surface area contributed by atoms with Gasteiger partial charge in [-0.3, -0.25) is 4.79 Å². The Labute approximate surface area is 107 Å². The molecule has 0 bridgehead atoms. The molecule has 2 fully saturated rings. The fraction of sp³-hybridized carbons (Fsp3) is 0.923. The van der Waals surface area contributed by atoms with Crippen LogP contribution in [0.15, 0.2) is 0 Å². The minimum atomic E-state index is -1.56. The largest absolute Gasteiger partial charge is 0.375 e. The average molecular weight is 260 g/mol. The molecule has 0 aromatic carbocycles. The SMILES string of the molecule is CC(C)(C)OC[C@@H]1C2OC(C)(C)OC2C(=O)[C@@H]1F. The van der Waals surface area contributed by atoms with Crippen LogP contribution in [0, 0.1) is 5.92 Å². The van der Waals surface area contributed by atoms with Crippen molar-refractivity contribution in [2.45, 2.75) is 64.4 Å². The molecule has 0 aromatic heterocycles. The second-order valence-corrected chi connectivity index (χ2v) is 6.41. The van der Waals surface area contributed by atoms with Crippen LogP contribution < -0.4 is 0 Å². The van der Waals surface area contributed by atoms with E-state index in [2.05, 4.69) is 0 Å². The van der Waals surface area contributed by atoms with Crippen LogP contribution >= 0.6 is 0 Å². The molecule has 2 aliphatic rings. The molecule has 1 aliphatic heterocycles. The smallest absolute Gasteiger partial charge is 0.198 e. The number of fused-ring (bicyclic) bond motifs is 1. The Kier molecular flexibility index (Phi) is 3.28. The summed E-state index contributed by atoms with van der Waals surface area (Å²) in [4.78, 5) is 11.8. The van der Waals surface area contributed by atoms with E-state index in [0.717, 1.165) is 0 Å². The Morgan fingerprint density at radius 1 is 1.33 bits per heavy atom. The van der Waals surface area contributed by atoms with Gasteiger partial charge in [-0.2, -0.15) is 0 Å². The van der Waals surface area contributed by atoms with Crippen LogP contribution in [0.5, 0.6) is 0 Å². The lowest BCUT2D eigenvalue weighted by molar-refractivity contribution is -0.172. The summed E-state index contributed by atoms with van der Waals surface area (Å²) in [6, 6.07) is 0. The zero-order chi connectivity index (χ0) is 13.7. The van der Waals surface area contributed by atoms with E-state index in [4.69, 9.17) is 14.2 Å². The van der Waals surface area contributed by atoms with Gasteiger partial charge in [-0.05, 0) is 34.6 Å².